The fraction of sp³-hybridized carbons (Fsp3) is 0.235. The molecule has 0 saturated heterocycles. The Bertz CT molecular complexity index is 573. The van der Waals surface area contributed by atoms with Crippen LogP contribution in [0.5, 0.6) is 0 Å². The number of nitrogens with one attached hydrogen (secondary N) is 1. The molecule has 1 amide bonds. The summed E-state index contributed by atoms with van der Waals surface area (Å²) < 4.78 is 0. The summed E-state index contributed by atoms with van der Waals surface area (Å²) in [5, 5.41) is 2.91. The van der Waals surface area contributed by atoms with Gasteiger partial charge in [-0.25, -0.2) is 0 Å². The number of rotatable bonds is 4. The second kappa shape index (κ2) is 6.62. The van der Waals surface area contributed by atoms with Crippen molar-refractivity contribution in [2.75, 3.05) is 11.6 Å². The molecule has 0 spiro atoms. The molecular formula is C17H19NOS. The van der Waals surface area contributed by atoms with E-state index in [1.54, 1.807) is 11.8 Å². The van der Waals surface area contributed by atoms with E-state index in [-0.39, 0.29) is 5.91 Å². The highest BCUT2D eigenvalue weighted by Gasteiger charge is 2.07. The van der Waals surface area contributed by atoms with Crippen molar-refractivity contribution in [3.8, 4) is 0 Å². The van der Waals surface area contributed by atoms with Gasteiger partial charge in [-0.3, -0.25) is 4.79 Å². The van der Waals surface area contributed by atoms with Gasteiger partial charge >= 0.3 is 0 Å². The van der Waals surface area contributed by atoms with Gasteiger partial charge in [0.15, 0.2) is 0 Å². The Labute approximate surface area is 124 Å². The summed E-state index contributed by atoms with van der Waals surface area (Å²) in [5.41, 5.74) is 2.75. The van der Waals surface area contributed by atoms with Crippen molar-refractivity contribution in [2.45, 2.75) is 24.7 Å². The van der Waals surface area contributed by atoms with E-state index in [1.807, 2.05) is 54.8 Å². The summed E-state index contributed by atoms with van der Waals surface area (Å²) in [6.45, 7) is 4.28. The van der Waals surface area contributed by atoms with Gasteiger partial charge in [0.25, 0.3) is 5.91 Å². The van der Waals surface area contributed by atoms with Gasteiger partial charge in [0, 0.05) is 16.1 Å². The molecule has 0 saturated carbocycles. The largest absolute Gasteiger partial charge is 0.322 e. The van der Waals surface area contributed by atoms with E-state index in [9.17, 15) is 4.79 Å². The standard InChI is InChI=1S/C17H19NOS/c1-12(2)13-4-6-14(7-5-13)17(19)18-15-8-10-16(20-3)11-9-15/h4-12H,1-3H3,(H,18,19). The van der Waals surface area contributed by atoms with Crippen molar-refractivity contribution in [3.63, 3.8) is 0 Å². The highest BCUT2D eigenvalue weighted by Crippen LogP contribution is 2.19. The molecule has 0 unspecified atom stereocenters. The Balaban J connectivity index is 2.07. The molecule has 0 aliphatic rings. The molecule has 1 N–H and O–H groups in total. The summed E-state index contributed by atoms with van der Waals surface area (Å²) in [4.78, 5) is 13.3. The summed E-state index contributed by atoms with van der Waals surface area (Å²) in [5.74, 6) is 0.406. The Hall–Kier alpha value is -1.74. The number of carbonyl (C=O) groups is 1. The van der Waals surface area contributed by atoms with Crippen LogP contribution in [0.25, 0.3) is 0 Å². The van der Waals surface area contributed by atoms with Gasteiger partial charge in [-0.15, -0.1) is 11.8 Å². The van der Waals surface area contributed by atoms with Crippen molar-refractivity contribution in [3.05, 3.63) is 59.7 Å². The summed E-state index contributed by atoms with van der Waals surface area (Å²) in [6, 6.07) is 15.6. The number of thioether (sulfide) groups is 1. The topological polar surface area (TPSA) is 29.1 Å². The average molecular weight is 285 g/mol. The maximum Gasteiger partial charge on any atom is 0.255 e. The molecule has 2 nitrogen and oxygen atoms in total. The minimum absolute atomic E-state index is 0.0720. The Morgan fingerprint density at radius 2 is 1.60 bits per heavy atom. The molecule has 0 radical (unpaired) electrons. The first kappa shape index (κ1) is 14.7. The smallest absolute Gasteiger partial charge is 0.255 e. The fourth-order valence-electron chi connectivity index (χ4n) is 1.90. The Morgan fingerprint density at radius 3 is 2.10 bits per heavy atom. The predicted octanol–water partition coefficient (Wildman–Crippen LogP) is 4.78. The lowest BCUT2D eigenvalue weighted by molar-refractivity contribution is 0.102. The third kappa shape index (κ3) is 3.64. The number of hydrogen-bond acceptors (Lipinski definition) is 2. The summed E-state index contributed by atoms with van der Waals surface area (Å²) >= 11 is 1.68. The van der Waals surface area contributed by atoms with Gasteiger partial charge in [-0.1, -0.05) is 26.0 Å². The van der Waals surface area contributed by atoms with E-state index in [1.165, 1.54) is 10.5 Å². The molecule has 0 fully saturated rings. The first-order valence-corrected chi connectivity index (χ1v) is 7.88. The monoisotopic (exact) mass is 285 g/mol. The van der Waals surface area contributed by atoms with Crippen LogP contribution in [0.4, 0.5) is 5.69 Å². The molecule has 0 heterocycles. The molecule has 0 aromatic heterocycles. The van der Waals surface area contributed by atoms with Crippen LogP contribution in [0.3, 0.4) is 0 Å². The molecule has 3 heteroatoms. The lowest BCUT2D eigenvalue weighted by atomic mass is 10.0. The minimum atomic E-state index is -0.0720. The average Bonchev–Trinajstić information content (AvgIpc) is 2.48. The first-order chi connectivity index (χ1) is 9.60. The van der Waals surface area contributed by atoms with Gasteiger partial charge in [0.1, 0.15) is 0 Å². The van der Waals surface area contributed by atoms with Crippen LogP contribution in [0, 0.1) is 0 Å². The van der Waals surface area contributed by atoms with Gasteiger partial charge < -0.3 is 5.32 Å². The number of anilines is 1. The molecule has 104 valence electrons. The molecule has 0 aliphatic carbocycles. The third-order valence-corrected chi connectivity index (χ3v) is 3.93. The van der Waals surface area contributed by atoms with Crippen molar-refractivity contribution >= 4 is 23.4 Å². The highest BCUT2D eigenvalue weighted by molar-refractivity contribution is 7.98. The Morgan fingerprint density at radius 1 is 1.00 bits per heavy atom. The molecule has 0 aliphatic heterocycles. The van der Waals surface area contributed by atoms with E-state index in [0.717, 1.165) is 5.69 Å². The maximum absolute atomic E-state index is 12.1. The lowest BCUT2D eigenvalue weighted by Crippen LogP contribution is -2.11. The number of amides is 1. The highest BCUT2D eigenvalue weighted by atomic mass is 32.2. The van der Waals surface area contributed by atoms with Crippen LogP contribution in [-0.2, 0) is 0 Å². The van der Waals surface area contributed by atoms with Gasteiger partial charge in [0.05, 0.1) is 0 Å². The van der Waals surface area contributed by atoms with Crippen molar-refractivity contribution in [2.24, 2.45) is 0 Å². The third-order valence-electron chi connectivity index (χ3n) is 3.19. The molecule has 20 heavy (non-hydrogen) atoms. The number of benzene rings is 2. The summed E-state index contributed by atoms with van der Waals surface area (Å²) in [6.07, 6.45) is 2.03. The van der Waals surface area contributed by atoms with Crippen LogP contribution in [0.1, 0.15) is 35.7 Å². The van der Waals surface area contributed by atoms with E-state index in [4.69, 9.17) is 0 Å². The zero-order chi connectivity index (χ0) is 14.5. The van der Waals surface area contributed by atoms with Crippen molar-refractivity contribution in [1.29, 1.82) is 0 Å². The van der Waals surface area contributed by atoms with E-state index in [0.29, 0.717) is 11.5 Å². The zero-order valence-electron chi connectivity index (χ0n) is 12.0. The summed E-state index contributed by atoms with van der Waals surface area (Å²) in [7, 11) is 0. The molecule has 2 aromatic carbocycles. The quantitative estimate of drug-likeness (QED) is 0.819. The van der Waals surface area contributed by atoms with Crippen molar-refractivity contribution < 1.29 is 4.79 Å². The van der Waals surface area contributed by atoms with Crippen LogP contribution >= 0.6 is 11.8 Å². The SMILES string of the molecule is CSc1ccc(NC(=O)c2ccc(C(C)C)cc2)cc1. The number of hydrogen-bond donors (Lipinski definition) is 1. The minimum Gasteiger partial charge on any atom is -0.322 e. The first-order valence-electron chi connectivity index (χ1n) is 6.65. The van der Waals surface area contributed by atoms with Gasteiger partial charge in [0.2, 0.25) is 0 Å². The maximum atomic E-state index is 12.1. The van der Waals surface area contributed by atoms with Crippen LogP contribution in [0.2, 0.25) is 0 Å². The van der Waals surface area contributed by atoms with Crippen LogP contribution in [-0.4, -0.2) is 12.2 Å². The molecule has 0 bridgehead atoms. The molecule has 2 aromatic rings. The van der Waals surface area contributed by atoms with Gasteiger partial charge in [-0.05, 0) is 54.1 Å². The van der Waals surface area contributed by atoms with Crippen molar-refractivity contribution in [1.82, 2.24) is 0 Å². The predicted molar refractivity (Wildman–Crippen MR) is 86.7 cm³/mol. The van der Waals surface area contributed by atoms with Gasteiger partial charge in [-0.2, -0.15) is 0 Å². The lowest BCUT2D eigenvalue weighted by Gasteiger charge is -2.08. The normalized spacial score (nSPS) is 10.6. The van der Waals surface area contributed by atoms with E-state index < -0.39 is 0 Å². The zero-order valence-corrected chi connectivity index (χ0v) is 12.8. The van der Waals surface area contributed by atoms with E-state index in [2.05, 4.69) is 19.2 Å². The second-order valence-corrected chi connectivity index (χ2v) is 5.84. The van der Waals surface area contributed by atoms with Crippen LogP contribution in [0.15, 0.2) is 53.4 Å². The fourth-order valence-corrected chi connectivity index (χ4v) is 2.31. The molecule has 2 rings (SSSR count). The second-order valence-electron chi connectivity index (χ2n) is 4.96. The van der Waals surface area contributed by atoms with Crippen LogP contribution < -0.4 is 5.32 Å². The Kier molecular flexibility index (Phi) is 4.85. The molecular weight excluding hydrogens is 266 g/mol. The van der Waals surface area contributed by atoms with E-state index >= 15 is 0 Å². The number of carbonyl (C=O) groups excluding carboxylic acids is 1. The molecule has 0 atom stereocenters.